The fourth-order valence-electron chi connectivity index (χ4n) is 6.44. The number of ether oxygens (including phenoxy) is 7. The summed E-state index contributed by atoms with van der Waals surface area (Å²) in [4.78, 5) is 27.1. The van der Waals surface area contributed by atoms with E-state index in [4.69, 9.17) is 33.2 Å². The van der Waals surface area contributed by atoms with Crippen LogP contribution in [0.4, 0.5) is 0 Å². The quantitative estimate of drug-likeness (QED) is 0.0496. The van der Waals surface area contributed by atoms with Gasteiger partial charge in [0, 0.05) is 37.2 Å². The van der Waals surface area contributed by atoms with E-state index in [1.807, 2.05) is 42.7 Å². The van der Waals surface area contributed by atoms with Crippen LogP contribution >= 0.6 is 11.8 Å². The van der Waals surface area contributed by atoms with Gasteiger partial charge in [-0.3, -0.25) is 9.59 Å². The third-order valence-corrected chi connectivity index (χ3v) is 11.2. The molecule has 0 amide bonds. The van der Waals surface area contributed by atoms with Crippen molar-refractivity contribution in [3.63, 3.8) is 0 Å². The summed E-state index contributed by atoms with van der Waals surface area (Å²) in [5, 5.41) is 0. The van der Waals surface area contributed by atoms with Crippen molar-refractivity contribution in [1.29, 1.82) is 0 Å². The molecule has 0 bridgehead atoms. The standard InChI is InChI=1S/C39H52O11S2/c1-51-31-19-15-28(16-20-31)46-26-30(49-37-13-7-9-23-44-37)27-47-39-33(34(40)25-35(39)50-38-14-8-10-24-45-38)11-5-3-4-6-12-36(41)48-29-17-21-32(22-18-29)52(2,42)43/h3,5,15-22,30,33,35,37-39H,4,6-14,23-27H2,1-2H3/b5-3-/t30?,33-,35+,37?,38?,39+/m0/s1. The molecule has 2 heterocycles. The first kappa shape index (κ1) is 40.4. The van der Waals surface area contributed by atoms with Crippen LogP contribution in [0.3, 0.4) is 0 Å². The first-order chi connectivity index (χ1) is 25.2. The minimum atomic E-state index is -3.33. The zero-order valence-corrected chi connectivity index (χ0v) is 31.8. The molecule has 0 spiro atoms. The zero-order chi connectivity index (χ0) is 36.8. The van der Waals surface area contributed by atoms with Crippen molar-refractivity contribution in [1.82, 2.24) is 0 Å². The number of hydrogen-bond acceptors (Lipinski definition) is 12. The van der Waals surface area contributed by atoms with E-state index in [-0.39, 0.29) is 49.3 Å². The zero-order valence-electron chi connectivity index (χ0n) is 30.2. The maximum atomic E-state index is 13.4. The third-order valence-electron chi connectivity index (χ3n) is 9.29. The van der Waals surface area contributed by atoms with Crippen molar-refractivity contribution >= 4 is 33.4 Å². The minimum Gasteiger partial charge on any atom is -0.491 e. The lowest BCUT2D eigenvalue weighted by molar-refractivity contribution is -0.226. The van der Waals surface area contributed by atoms with E-state index >= 15 is 0 Å². The Morgan fingerprint density at radius 3 is 2.27 bits per heavy atom. The number of hydrogen-bond donors (Lipinski definition) is 0. The van der Waals surface area contributed by atoms with Crippen LogP contribution in [0.2, 0.25) is 0 Å². The van der Waals surface area contributed by atoms with Crippen molar-refractivity contribution in [2.45, 2.75) is 111 Å². The topological polar surface area (TPSA) is 133 Å². The lowest BCUT2D eigenvalue weighted by Gasteiger charge is -2.32. The third kappa shape index (κ3) is 13.0. The van der Waals surface area contributed by atoms with E-state index < -0.39 is 40.0 Å². The van der Waals surface area contributed by atoms with E-state index in [0.29, 0.717) is 38.2 Å². The number of rotatable bonds is 19. The number of Topliss-reactive ketones (excluding diaryl/α,β-unsaturated/α-hetero) is 1. The highest BCUT2D eigenvalue weighted by atomic mass is 32.2. The minimum absolute atomic E-state index is 0.0825. The molecule has 2 aromatic carbocycles. The first-order valence-corrected chi connectivity index (χ1v) is 21.4. The second kappa shape index (κ2) is 20.6. The van der Waals surface area contributed by atoms with Gasteiger partial charge in [0.2, 0.25) is 0 Å². The summed E-state index contributed by atoms with van der Waals surface area (Å²) in [5.74, 6) is 0.309. The van der Waals surface area contributed by atoms with Gasteiger partial charge in [0.05, 0.1) is 29.6 Å². The van der Waals surface area contributed by atoms with Crippen LogP contribution < -0.4 is 9.47 Å². The number of ketones is 1. The Hall–Kier alpha value is -2.78. The maximum absolute atomic E-state index is 13.4. The predicted octanol–water partition coefficient (Wildman–Crippen LogP) is 6.71. The summed E-state index contributed by atoms with van der Waals surface area (Å²) < 4.78 is 65.8. The van der Waals surface area contributed by atoms with E-state index in [0.717, 1.165) is 55.4 Å². The number of unbranched alkanes of at least 4 members (excludes halogenated alkanes) is 1. The van der Waals surface area contributed by atoms with Gasteiger partial charge in [0.1, 0.15) is 30.0 Å². The molecule has 52 heavy (non-hydrogen) atoms. The molecule has 11 nitrogen and oxygen atoms in total. The van der Waals surface area contributed by atoms with Gasteiger partial charge in [-0.2, -0.15) is 0 Å². The fraction of sp³-hybridized carbons (Fsp3) is 0.590. The molecule has 1 saturated carbocycles. The molecule has 6 atom stereocenters. The van der Waals surface area contributed by atoms with Gasteiger partial charge in [-0.15, -0.1) is 11.8 Å². The summed E-state index contributed by atoms with van der Waals surface area (Å²) in [6.45, 7) is 1.75. The predicted molar refractivity (Wildman–Crippen MR) is 196 cm³/mol. The molecule has 3 fully saturated rings. The molecule has 2 saturated heterocycles. The van der Waals surface area contributed by atoms with Crippen LogP contribution in [0.1, 0.15) is 70.6 Å². The van der Waals surface area contributed by atoms with Gasteiger partial charge in [-0.1, -0.05) is 12.2 Å². The van der Waals surface area contributed by atoms with E-state index in [9.17, 15) is 18.0 Å². The molecule has 13 heteroatoms. The van der Waals surface area contributed by atoms with E-state index in [1.165, 1.54) is 24.3 Å². The second-order valence-electron chi connectivity index (χ2n) is 13.4. The average molecular weight is 761 g/mol. The van der Waals surface area contributed by atoms with Crippen molar-refractivity contribution in [3.8, 4) is 11.5 Å². The number of esters is 1. The van der Waals surface area contributed by atoms with Gasteiger partial charge in [0.25, 0.3) is 0 Å². The molecule has 2 aromatic rings. The molecule has 0 N–H and O–H groups in total. The SMILES string of the molecule is CSc1ccc(OCC(CO[C@H]2[C@H](OC3CCCCO3)CC(=O)[C@@H]2C/C=C\CCCC(=O)Oc2ccc(S(C)(=O)=O)cc2)OC2CCCCO2)cc1. The van der Waals surface area contributed by atoms with E-state index in [2.05, 4.69) is 0 Å². The van der Waals surface area contributed by atoms with Crippen molar-refractivity contribution in [2.24, 2.45) is 5.92 Å². The Balaban J connectivity index is 1.16. The van der Waals surface area contributed by atoms with Crippen molar-refractivity contribution in [3.05, 3.63) is 60.7 Å². The van der Waals surface area contributed by atoms with Crippen LogP contribution in [0.15, 0.2) is 70.5 Å². The van der Waals surface area contributed by atoms with Crippen LogP contribution in [0.5, 0.6) is 11.5 Å². The van der Waals surface area contributed by atoms with E-state index in [1.54, 1.807) is 11.8 Å². The van der Waals surface area contributed by atoms with Crippen LogP contribution in [-0.4, -0.2) is 90.0 Å². The van der Waals surface area contributed by atoms with Crippen LogP contribution in [0, 0.1) is 5.92 Å². The summed E-state index contributed by atoms with van der Waals surface area (Å²) in [6, 6.07) is 13.7. The van der Waals surface area contributed by atoms with Crippen LogP contribution in [-0.2, 0) is 43.1 Å². The van der Waals surface area contributed by atoms with Gasteiger partial charge >= 0.3 is 5.97 Å². The van der Waals surface area contributed by atoms with Gasteiger partial charge < -0.3 is 33.2 Å². The average Bonchev–Trinajstić information content (AvgIpc) is 3.44. The first-order valence-electron chi connectivity index (χ1n) is 18.3. The molecule has 0 radical (unpaired) electrons. The molecule has 3 aliphatic rings. The Morgan fingerprint density at radius 1 is 0.923 bits per heavy atom. The molecule has 286 valence electrons. The van der Waals surface area contributed by atoms with Crippen molar-refractivity contribution < 1.29 is 51.2 Å². The number of allylic oxidation sites excluding steroid dienone is 2. The van der Waals surface area contributed by atoms with Gasteiger partial charge in [0.15, 0.2) is 22.4 Å². The fourth-order valence-corrected chi connectivity index (χ4v) is 7.48. The summed E-state index contributed by atoms with van der Waals surface area (Å²) in [5.41, 5.74) is 0. The molecular formula is C39H52O11S2. The lowest BCUT2D eigenvalue weighted by atomic mass is 9.99. The highest BCUT2D eigenvalue weighted by Crippen LogP contribution is 2.34. The Labute approximate surface area is 312 Å². The molecule has 0 aromatic heterocycles. The lowest BCUT2D eigenvalue weighted by Crippen LogP contribution is -2.40. The summed E-state index contributed by atoms with van der Waals surface area (Å²) in [6.07, 6.45) is 12.8. The summed E-state index contributed by atoms with van der Waals surface area (Å²) >= 11 is 1.67. The molecule has 3 unspecified atom stereocenters. The Bertz CT molecular complexity index is 1530. The number of benzene rings is 2. The van der Waals surface area contributed by atoms with Gasteiger partial charge in [-0.05, 0) is 113 Å². The van der Waals surface area contributed by atoms with Gasteiger partial charge in [-0.25, -0.2) is 8.42 Å². The second-order valence-corrected chi connectivity index (χ2v) is 16.3. The number of sulfone groups is 1. The monoisotopic (exact) mass is 760 g/mol. The Morgan fingerprint density at radius 2 is 1.62 bits per heavy atom. The molecule has 1 aliphatic carbocycles. The number of thioether (sulfide) groups is 1. The normalized spacial score (nSPS) is 24.6. The maximum Gasteiger partial charge on any atom is 0.311 e. The highest BCUT2D eigenvalue weighted by Gasteiger charge is 2.45. The number of carbonyl (C=O) groups is 2. The van der Waals surface area contributed by atoms with Crippen LogP contribution in [0.25, 0.3) is 0 Å². The Kier molecular flexibility index (Phi) is 16.0. The largest absolute Gasteiger partial charge is 0.491 e. The number of carbonyl (C=O) groups excluding carboxylic acids is 2. The molecule has 5 rings (SSSR count). The summed E-state index contributed by atoms with van der Waals surface area (Å²) in [7, 11) is -3.33. The molecular weight excluding hydrogens is 709 g/mol. The molecule has 2 aliphatic heterocycles. The smallest absolute Gasteiger partial charge is 0.311 e. The van der Waals surface area contributed by atoms with Crippen molar-refractivity contribution in [2.75, 3.05) is 38.9 Å². The highest BCUT2D eigenvalue weighted by molar-refractivity contribution is 7.98.